The molecular formula is C47H29N3S. The summed E-state index contributed by atoms with van der Waals surface area (Å²) in [7, 11) is 0. The molecule has 0 unspecified atom stereocenters. The van der Waals surface area contributed by atoms with Gasteiger partial charge >= 0.3 is 0 Å². The highest BCUT2D eigenvalue weighted by molar-refractivity contribution is 7.27. The van der Waals surface area contributed by atoms with Crippen LogP contribution in [0.5, 0.6) is 0 Å². The Balaban J connectivity index is 1.25. The molecule has 2 heterocycles. The Labute approximate surface area is 299 Å². The van der Waals surface area contributed by atoms with Crippen LogP contribution in [0.1, 0.15) is 0 Å². The van der Waals surface area contributed by atoms with E-state index in [4.69, 9.17) is 15.0 Å². The number of thiophene rings is 1. The fraction of sp³-hybridized carbons (Fsp3) is 0. The van der Waals surface area contributed by atoms with E-state index in [1.54, 1.807) is 0 Å². The second-order valence-corrected chi connectivity index (χ2v) is 13.8. The van der Waals surface area contributed by atoms with Crippen LogP contribution in [0, 0.1) is 0 Å². The molecule has 0 atom stereocenters. The van der Waals surface area contributed by atoms with Gasteiger partial charge in [-0.2, -0.15) is 0 Å². The summed E-state index contributed by atoms with van der Waals surface area (Å²) in [5, 5.41) is 7.53. The van der Waals surface area contributed by atoms with Crippen LogP contribution in [0.3, 0.4) is 0 Å². The Bertz CT molecular complexity index is 2900. The van der Waals surface area contributed by atoms with Gasteiger partial charge in [-0.15, -0.1) is 11.3 Å². The molecule has 3 nitrogen and oxygen atoms in total. The van der Waals surface area contributed by atoms with E-state index in [1.807, 2.05) is 35.6 Å². The number of nitrogens with zero attached hydrogens (tertiary/aromatic N) is 3. The van der Waals surface area contributed by atoms with Crippen molar-refractivity contribution in [1.29, 1.82) is 0 Å². The zero-order valence-electron chi connectivity index (χ0n) is 27.5. The Morgan fingerprint density at radius 3 is 1.65 bits per heavy atom. The van der Waals surface area contributed by atoms with Crippen molar-refractivity contribution in [3.05, 3.63) is 176 Å². The molecule has 10 rings (SSSR count). The molecule has 238 valence electrons. The molecule has 0 saturated carbocycles. The maximum Gasteiger partial charge on any atom is 0.164 e. The lowest BCUT2D eigenvalue weighted by molar-refractivity contribution is 1.07. The average Bonchev–Trinajstić information content (AvgIpc) is 3.60. The van der Waals surface area contributed by atoms with Crippen molar-refractivity contribution in [2.24, 2.45) is 0 Å². The third-order valence-electron chi connectivity index (χ3n) is 9.68. The van der Waals surface area contributed by atoms with Crippen molar-refractivity contribution >= 4 is 53.1 Å². The van der Waals surface area contributed by atoms with Gasteiger partial charge in [0.15, 0.2) is 17.5 Å². The van der Waals surface area contributed by atoms with Crippen molar-refractivity contribution < 1.29 is 0 Å². The smallest absolute Gasteiger partial charge is 0.164 e. The van der Waals surface area contributed by atoms with E-state index in [9.17, 15) is 0 Å². The summed E-state index contributed by atoms with van der Waals surface area (Å²) >= 11 is 1.88. The molecule has 0 aliphatic heterocycles. The topological polar surface area (TPSA) is 38.7 Å². The van der Waals surface area contributed by atoms with Crippen molar-refractivity contribution in [3.8, 4) is 56.4 Å². The van der Waals surface area contributed by atoms with Gasteiger partial charge in [-0.05, 0) is 51.0 Å². The van der Waals surface area contributed by atoms with Crippen molar-refractivity contribution in [2.75, 3.05) is 0 Å². The molecule has 0 N–H and O–H groups in total. The largest absolute Gasteiger partial charge is 0.208 e. The monoisotopic (exact) mass is 667 g/mol. The van der Waals surface area contributed by atoms with E-state index < -0.39 is 0 Å². The second kappa shape index (κ2) is 12.1. The van der Waals surface area contributed by atoms with Crippen molar-refractivity contribution in [1.82, 2.24) is 15.0 Å². The van der Waals surface area contributed by atoms with Gasteiger partial charge in [0.2, 0.25) is 0 Å². The molecule has 8 aromatic carbocycles. The first-order valence-corrected chi connectivity index (χ1v) is 17.9. The summed E-state index contributed by atoms with van der Waals surface area (Å²) in [6, 6.07) is 62.0. The molecule has 0 bridgehead atoms. The number of fused-ring (bicyclic) bond motifs is 7. The van der Waals surface area contributed by atoms with Gasteiger partial charge in [-0.1, -0.05) is 158 Å². The molecule has 0 fully saturated rings. The minimum Gasteiger partial charge on any atom is -0.208 e. The van der Waals surface area contributed by atoms with Crippen LogP contribution in [0.25, 0.3) is 98.1 Å². The first kappa shape index (κ1) is 29.4. The van der Waals surface area contributed by atoms with E-state index >= 15 is 0 Å². The summed E-state index contributed by atoms with van der Waals surface area (Å²) < 4.78 is 2.56. The molecule has 0 saturated heterocycles. The van der Waals surface area contributed by atoms with Crippen LogP contribution in [-0.2, 0) is 0 Å². The molecule has 4 heteroatoms. The van der Waals surface area contributed by atoms with Crippen LogP contribution < -0.4 is 0 Å². The van der Waals surface area contributed by atoms with Crippen molar-refractivity contribution in [3.63, 3.8) is 0 Å². The quantitative estimate of drug-likeness (QED) is 0.171. The Hall–Kier alpha value is -6.49. The predicted octanol–water partition coefficient (Wildman–Crippen LogP) is 12.9. The average molecular weight is 668 g/mol. The molecule has 2 aromatic heterocycles. The summed E-state index contributed by atoms with van der Waals surface area (Å²) in [5.41, 5.74) is 7.46. The number of hydrogen-bond acceptors (Lipinski definition) is 4. The summed E-state index contributed by atoms with van der Waals surface area (Å²) in [4.78, 5) is 15.4. The molecule has 0 amide bonds. The molecule has 0 radical (unpaired) electrons. The highest BCUT2D eigenvalue weighted by Gasteiger charge is 2.19. The molecule has 51 heavy (non-hydrogen) atoms. The summed E-state index contributed by atoms with van der Waals surface area (Å²) in [5.74, 6) is 1.94. The highest BCUT2D eigenvalue weighted by atomic mass is 32.1. The van der Waals surface area contributed by atoms with E-state index in [2.05, 4.69) is 152 Å². The Morgan fingerprint density at radius 2 is 0.882 bits per heavy atom. The van der Waals surface area contributed by atoms with Gasteiger partial charge in [-0.25, -0.2) is 15.0 Å². The van der Waals surface area contributed by atoms with Crippen LogP contribution >= 0.6 is 11.3 Å². The molecule has 0 aliphatic rings. The first-order chi connectivity index (χ1) is 25.3. The molecular weight excluding hydrogens is 639 g/mol. The van der Waals surface area contributed by atoms with Gasteiger partial charge in [0.25, 0.3) is 0 Å². The van der Waals surface area contributed by atoms with Crippen LogP contribution in [-0.4, -0.2) is 15.0 Å². The zero-order valence-corrected chi connectivity index (χ0v) is 28.3. The van der Waals surface area contributed by atoms with Crippen LogP contribution in [0.15, 0.2) is 176 Å². The van der Waals surface area contributed by atoms with E-state index in [0.717, 1.165) is 33.4 Å². The number of aromatic nitrogens is 3. The minimum absolute atomic E-state index is 0.644. The van der Waals surface area contributed by atoms with Gasteiger partial charge < -0.3 is 0 Å². The number of hydrogen-bond donors (Lipinski definition) is 0. The molecule has 0 spiro atoms. The SMILES string of the molecule is c1ccc(-c2cccc(-c3nc(-c4ccccc4)nc(-c4cc(-c5ccccc5)c5sc6c(ccc7ccc8ccccc8c76)c5c4)n3)c2)cc1. The Kier molecular flexibility index (Phi) is 7.00. The maximum atomic E-state index is 5.21. The van der Waals surface area contributed by atoms with Gasteiger partial charge in [0, 0.05) is 47.8 Å². The van der Waals surface area contributed by atoms with Gasteiger partial charge in [0.1, 0.15) is 0 Å². The zero-order chi connectivity index (χ0) is 33.7. The second-order valence-electron chi connectivity index (χ2n) is 12.8. The standard InChI is InChI=1S/C47H29N3S/c1-4-13-30(14-5-1)35-20-12-21-36(27-35)46-48-45(34-18-8-3-9-19-34)49-47(50-46)37-28-40(31-15-6-2-7-16-31)43-41(29-37)39-26-25-33-24-23-32-17-10-11-22-38(32)42(33)44(39)51-43/h1-29H. The molecule has 0 aliphatic carbocycles. The third-order valence-corrected chi connectivity index (χ3v) is 11.0. The highest BCUT2D eigenvalue weighted by Crippen LogP contribution is 2.46. The minimum atomic E-state index is 0.644. The fourth-order valence-corrected chi connectivity index (χ4v) is 8.59. The van der Waals surface area contributed by atoms with Gasteiger partial charge in [0.05, 0.1) is 0 Å². The lowest BCUT2D eigenvalue weighted by Gasteiger charge is -2.11. The van der Waals surface area contributed by atoms with Crippen LogP contribution in [0.4, 0.5) is 0 Å². The van der Waals surface area contributed by atoms with Crippen LogP contribution in [0.2, 0.25) is 0 Å². The maximum absolute atomic E-state index is 5.21. The predicted molar refractivity (Wildman–Crippen MR) is 215 cm³/mol. The normalized spacial score (nSPS) is 11.5. The number of rotatable bonds is 5. The summed E-state index contributed by atoms with van der Waals surface area (Å²) in [6.45, 7) is 0. The summed E-state index contributed by atoms with van der Waals surface area (Å²) in [6.07, 6.45) is 0. The molecule has 10 aromatic rings. The van der Waals surface area contributed by atoms with E-state index in [1.165, 1.54) is 47.3 Å². The van der Waals surface area contributed by atoms with E-state index in [0.29, 0.717) is 17.5 Å². The first-order valence-electron chi connectivity index (χ1n) is 17.1. The lowest BCUT2D eigenvalue weighted by atomic mass is 9.97. The Morgan fingerprint density at radius 1 is 0.314 bits per heavy atom. The fourth-order valence-electron chi connectivity index (χ4n) is 7.20. The van der Waals surface area contributed by atoms with Crippen molar-refractivity contribution in [2.45, 2.75) is 0 Å². The van der Waals surface area contributed by atoms with E-state index in [-0.39, 0.29) is 0 Å². The lowest BCUT2D eigenvalue weighted by Crippen LogP contribution is -2.00. The third kappa shape index (κ3) is 5.16. The van der Waals surface area contributed by atoms with Gasteiger partial charge in [-0.3, -0.25) is 0 Å². The number of benzene rings is 8.